The minimum Gasteiger partial charge on any atom is -0.494 e. The molecule has 1 aromatic carbocycles. The van der Waals surface area contributed by atoms with Gasteiger partial charge in [-0.05, 0) is 43.5 Å². The van der Waals surface area contributed by atoms with Gasteiger partial charge in [0.1, 0.15) is 5.75 Å². The van der Waals surface area contributed by atoms with Crippen LogP contribution in [-0.4, -0.2) is 24.9 Å². The quantitative estimate of drug-likeness (QED) is 0.648. The lowest BCUT2D eigenvalue weighted by molar-refractivity contribution is 0.283. The maximum Gasteiger partial charge on any atom is 0.119 e. The van der Waals surface area contributed by atoms with Gasteiger partial charge >= 0.3 is 0 Å². The van der Waals surface area contributed by atoms with Crippen molar-refractivity contribution in [1.82, 2.24) is 5.32 Å². The number of hydrogen-bond acceptors (Lipinski definition) is 3. The number of rotatable bonds is 9. The molecule has 0 aromatic heterocycles. The van der Waals surface area contributed by atoms with Crippen LogP contribution in [0.25, 0.3) is 0 Å². The molecule has 0 unspecified atom stereocenters. The summed E-state index contributed by atoms with van der Waals surface area (Å²) in [4.78, 5) is 0. The second-order valence-electron chi connectivity index (χ2n) is 4.10. The summed E-state index contributed by atoms with van der Waals surface area (Å²) >= 11 is 0. The summed E-state index contributed by atoms with van der Waals surface area (Å²) < 4.78 is 5.52. The van der Waals surface area contributed by atoms with Crippen LogP contribution in [0, 0.1) is 0 Å². The third kappa shape index (κ3) is 6.29. The van der Waals surface area contributed by atoms with Gasteiger partial charge in [-0.3, -0.25) is 0 Å². The molecule has 0 amide bonds. The second kappa shape index (κ2) is 9.02. The number of nitrogens with one attached hydrogen (secondary N) is 1. The topological polar surface area (TPSA) is 41.5 Å². The van der Waals surface area contributed by atoms with Gasteiger partial charge < -0.3 is 15.2 Å². The Morgan fingerprint density at radius 1 is 1.18 bits per heavy atom. The van der Waals surface area contributed by atoms with Gasteiger partial charge in [0.25, 0.3) is 0 Å². The van der Waals surface area contributed by atoms with Gasteiger partial charge in [-0.15, -0.1) is 0 Å². The van der Waals surface area contributed by atoms with E-state index in [1.165, 1.54) is 5.56 Å². The first-order valence-electron chi connectivity index (χ1n) is 6.40. The Morgan fingerprint density at radius 3 is 2.59 bits per heavy atom. The average molecular weight is 237 g/mol. The van der Waals surface area contributed by atoms with Gasteiger partial charge in [0.15, 0.2) is 0 Å². The molecular formula is C14H23NO2. The van der Waals surface area contributed by atoms with Crippen molar-refractivity contribution in [3.05, 3.63) is 29.8 Å². The van der Waals surface area contributed by atoms with E-state index < -0.39 is 0 Å². The Hall–Kier alpha value is -1.06. The molecule has 0 bridgehead atoms. The predicted octanol–water partition coefficient (Wildman–Crippen LogP) is 2.34. The van der Waals surface area contributed by atoms with E-state index in [9.17, 15) is 0 Å². The van der Waals surface area contributed by atoms with Gasteiger partial charge in [-0.25, -0.2) is 0 Å². The Kier molecular flexibility index (Phi) is 7.43. The highest BCUT2D eigenvalue weighted by Crippen LogP contribution is 2.12. The maximum atomic E-state index is 8.64. The van der Waals surface area contributed by atoms with Crippen molar-refractivity contribution in [3.8, 4) is 5.75 Å². The smallest absolute Gasteiger partial charge is 0.119 e. The minimum absolute atomic E-state index is 0.283. The van der Waals surface area contributed by atoms with Crippen molar-refractivity contribution >= 4 is 0 Å². The first-order chi connectivity index (χ1) is 8.36. The molecule has 0 saturated carbocycles. The molecular weight excluding hydrogens is 214 g/mol. The van der Waals surface area contributed by atoms with Crippen molar-refractivity contribution in [3.63, 3.8) is 0 Å². The molecule has 2 N–H and O–H groups in total. The molecule has 17 heavy (non-hydrogen) atoms. The van der Waals surface area contributed by atoms with E-state index in [-0.39, 0.29) is 6.61 Å². The van der Waals surface area contributed by atoms with Crippen LogP contribution in [0.1, 0.15) is 31.7 Å². The lowest BCUT2D eigenvalue weighted by Gasteiger charge is -2.07. The maximum absolute atomic E-state index is 8.64. The molecule has 1 rings (SSSR count). The standard InChI is InChI=1S/C14H23NO2/c1-2-11-17-14-7-5-13(6-8-14)12-15-9-3-4-10-16/h5-8,15-16H,2-4,9-12H2,1H3. The normalized spacial score (nSPS) is 10.5. The number of ether oxygens (including phenoxy) is 1. The third-order valence-corrected chi connectivity index (χ3v) is 2.49. The van der Waals surface area contributed by atoms with E-state index in [2.05, 4.69) is 24.4 Å². The van der Waals surface area contributed by atoms with E-state index >= 15 is 0 Å². The van der Waals surface area contributed by atoms with Crippen molar-refractivity contribution < 1.29 is 9.84 Å². The lowest BCUT2D eigenvalue weighted by Crippen LogP contribution is -2.14. The Balaban J connectivity index is 2.20. The summed E-state index contributed by atoms with van der Waals surface area (Å²) in [5, 5.41) is 12.0. The lowest BCUT2D eigenvalue weighted by atomic mass is 10.2. The van der Waals surface area contributed by atoms with E-state index in [0.29, 0.717) is 0 Å². The molecule has 96 valence electrons. The van der Waals surface area contributed by atoms with Gasteiger partial charge in [-0.1, -0.05) is 19.1 Å². The van der Waals surface area contributed by atoms with Crippen molar-refractivity contribution in [1.29, 1.82) is 0 Å². The van der Waals surface area contributed by atoms with Crippen LogP contribution in [0.4, 0.5) is 0 Å². The van der Waals surface area contributed by atoms with E-state index in [1.54, 1.807) is 0 Å². The molecule has 3 heteroatoms. The molecule has 0 atom stereocenters. The number of benzene rings is 1. The summed E-state index contributed by atoms with van der Waals surface area (Å²) in [6.07, 6.45) is 2.93. The van der Waals surface area contributed by atoms with Crippen molar-refractivity contribution in [2.24, 2.45) is 0 Å². The summed E-state index contributed by atoms with van der Waals surface area (Å²) in [5.41, 5.74) is 1.26. The van der Waals surface area contributed by atoms with Crippen LogP contribution in [0.5, 0.6) is 5.75 Å². The molecule has 0 aliphatic heterocycles. The van der Waals surface area contributed by atoms with Crippen LogP contribution in [0.15, 0.2) is 24.3 Å². The fraction of sp³-hybridized carbons (Fsp3) is 0.571. The highest BCUT2D eigenvalue weighted by Gasteiger charge is 1.95. The Labute approximate surface area is 104 Å². The van der Waals surface area contributed by atoms with Gasteiger partial charge in [0, 0.05) is 13.2 Å². The molecule has 3 nitrogen and oxygen atoms in total. The monoisotopic (exact) mass is 237 g/mol. The molecule has 0 aliphatic rings. The zero-order chi connectivity index (χ0) is 12.3. The fourth-order valence-electron chi connectivity index (χ4n) is 1.52. The molecule has 0 radical (unpaired) electrons. The van der Waals surface area contributed by atoms with Crippen LogP contribution >= 0.6 is 0 Å². The summed E-state index contributed by atoms with van der Waals surface area (Å²) in [7, 11) is 0. The van der Waals surface area contributed by atoms with Crippen LogP contribution in [0.2, 0.25) is 0 Å². The van der Waals surface area contributed by atoms with E-state index in [1.807, 2.05) is 12.1 Å². The zero-order valence-electron chi connectivity index (χ0n) is 10.6. The Morgan fingerprint density at radius 2 is 1.94 bits per heavy atom. The molecule has 0 aliphatic carbocycles. The molecule has 0 heterocycles. The average Bonchev–Trinajstić information content (AvgIpc) is 2.37. The van der Waals surface area contributed by atoms with E-state index in [4.69, 9.17) is 9.84 Å². The van der Waals surface area contributed by atoms with Crippen LogP contribution < -0.4 is 10.1 Å². The molecule has 0 saturated heterocycles. The first kappa shape index (κ1) is 14.0. The summed E-state index contributed by atoms with van der Waals surface area (Å²) in [6, 6.07) is 8.20. The van der Waals surface area contributed by atoms with Crippen molar-refractivity contribution in [2.45, 2.75) is 32.7 Å². The van der Waals surface area contributed by atoms with Gasteiger partial charge in [0.2, 0.25) is 0 Å². The highest BCUT2D eigenvalue weighted by atomic mass is 16.5. The molecule has 0 fully saturated rings. The summed E-state index contributed by atoms with van der Waals surface area (Å²) in [5.74, 6) is 0.941. The largest absolute Gasteiger partial charge is 0.494 e. The number of aliphatic hydroxyl groups is 1. The minimum atomic E-state index is 0.283. The first-order valence-corrected chi connectivity index (χ1v) is 6.40. The highest BCUT2D eigenvalue weighted by molar-refractivity contribution is 5.27. The number of hydrogen-bond donors (Lipinski definition) is 2. The van der Waals surface area contributed by atoms with E-state index in [0.717, 1.165) is 44.7 Å². The molecule has 0 spiro atoms. The zero-order valence-corrected chi connectivity index (χ0v) is 10.6. The van der Waals surface area contributed by atoms with Gasteiger partial charge in [0.05, 0.1) is 6.61 Å². The number of unbranched alkanes of at least 4 members (excludes halogenated alkanes) is 1. The molecule has 1 aromatic rings. The predicted molar refractivity (Wildman–Crippen MR) is 70.3 cm³/mol. The second-order valence-corrected chi connectivity index (χ2v) is 4.10. The number of aliphatic hydroxyl groups excluding tert-OH is 1. The van der Waals surface area contributed by atoms with Crippen molar-refractivity contribution in [2.75, 3.05) is 19.8 Å². The Bertz CT molecular complexity index is 285. The van der Waals surface area contributed by atoms with Gasteiger partial charge in [-0.2, -0.15) is 0 Å². The third-order valence-electron chi connectivity index (χ3n) is 2.49. The van der Waals surface area contributed by atoms with Crippen LogP contribution in [0.3, 0.4) is 0 Å². The fourth-order valence-corrected chi connectivity index (χ4v) is 1.52. The SMILES string of the molecule is CCCOc1ccc(CNCCCCO)cc1. The van der Waals surface area contributed by atoms with Crippen LogP contribution in [-0.2, 0) is 6.54 Å². The summed E-state index contributed by atoms with van der Waals surface area (Å²) in [6.45, 7) is 4.99.